The van der Waals surface area contributed by atoms with Gasteiger partial charge in [-0.3, -0.25) is 0 Å². The predicted molar refractivity (Wildman–Crippen MR) is 52.0 cm³/mol. The average molecular weight is 170 g/mol. The highest BCUT2D eigenvalue weighted by molar-refractivity contribution is 4.86. The maximum atomic E-state index is 9.82. The van der Waals surface area contributed by atoms with Crippen LogP contribution in [0.2, 0.25) is 0 Å². The van der Waals surface area contributed by atoms with Crippen molar-refractivity contribution in [2.24, 2.45) is 17.8 Å². The molecule has 2 atom stereocenters. The predicted octanol–water partition coefficient (Wildman–Crippen LogP) is 2.83. The van der Waals surface area contributed by atoms with Gasteiger partial charge in [-0.15, -0.1) is 0 Å². The summed E-state index contributed by atoms with van der Waals surface area (Å²) in [5, 5.41) is 9.82. The molecular formula is C11H22O. The SMILES string of the molecule is CC(C)[C@H]1CC[C@@H](C(C)(C)O)C1. The minimum atomic E-state index is -0.455. The van der Waals surface area contributed by atoms with E-state index in [2.05, 4.69) is 13.8 Å². The maximum Gasteiger partial charge on any atom is 0.0619 e. The molecule has 0 heterocycles. The number of aliphatic hydroxyl groups is 1. The fraction of sp³-hybridized carbons (Fsp3) is 1.00. The molecular weight excluding hydrogens is 148 g/mol. The van der Waals surface area contributed by atoms with Crippen LogP contribution in [0.1, 0.15) is 47.0 Å². The van der Waals surface area contributed by atoms with Crippen LogP contribution in [0.15, 0.2) is 0 Å². The first-order valence-corrected chi connectivity index (χ1v) is 5.13. The summed E-state index contributed by atoms with van der Waals surface area (Å²) in [4.78, 5) is 0. The Labute approximate surface area is 76.2 Å². The van der Waals surface area contributed by atoms with Gasteiger partial charge in [0.2, 0.25) is 0 Å². The van der Waals surface area contributed by atoms with Crippen molar-refractivity contribution in [2.45, 2.75) is 52.6 Å². The lowest BCUT2D eigenvalue weighted by molar-refractivity contribution is 0.0174. The lowest BCUT2D eigenvalue weighted by Gasteiger charge is -2.26. The summed E-state index contributed by atoms with van der Waals surface area (Å²) >= 11 is 0. The lowest BCUT2D eigenvalue weighted by atomic mass is 9.87. The monoisotopic (exact) mass is 170 g/mol. The number of hydrogen-bond donors (Lipinski definition) is 1. The van der Waals surface area contributed by atoms with Crippen molar-refractivity contribution in [3.05, 3.63) is 0 Å². The summed E-state index contributed by atoms with van der Waals surface area (Å²) in [5.74, 6) is 2.17. The van der Waals surface area contributed by atoms with E-state index in [9.17, 15) is 5.11 Å². The summed E-state index contributed by atoms with van der Waals surface area (Å²) in [6, 6.07) is 0. The van der Waals surface area contributed by atoms with E-state index < -0.39 is 5.60 Å². The van der Waals surface area contributed by atoms with Gasteiger partial charge in [0.25, 0.3) is 0 Å². The molecule has 0 amide bonds. The minimum absolute atomic E-state index is 0.455. The van der Waals surface area contributed by atoms with Gasteiger partial charge in [0.15, 0.2) is 0 Å². The summed E-state index contributed by atoms with van der Waals surface area (Å²) in [5.41, 5.74) is -0.455. The topological polar surface area (TPSA) is 20.2 Å². The first-order chi connectivity index (χ1) is 5.41. The largest absolute Gasteiger partial charge is 0.390 e. The van der Waals surface area contributed by atoms with Gasteiger partial charge in [0.1, 0.15) is 0 Å². The van der Waals surface area contributed by atoms with Crippen molar-refractivity contribution in [2.75, 3.05) is 0 Å². The molecule has 1 saturated carbocycles. The highest BCUT2D eigenvalue weighted by Gasteiger charge is 2.35. The summed E-state index contributed by atoms with van der Waals surface area (Å²) in [6.45, 7) is 8.47. The number of hydrogen-bond acceptors (Lipinski definition) is 1. The minimum Gasteiger partial charge on any atom is -0.390 e. The summed E-state index contributed by atoms with van der Waals surface area (Å²) < 4.78 is 0. The van der Waals surface area contributed by atoms with E-state index in [0.29, 0.717) is 5.92 Å². The van der Waals surface area contributed by atoms with Gasteiger partial charge < -0.3 is 5.11 Å². The van der Waals surface area contributed by atoms with Crippen molar-refractivity contribution in [3.63, 3.8) is 0 Å². The van der Waals surface area contributed by atoms with Crippen LogP contribution in [-0.2, 0) is 0 Å². The van der Waals surface area contributed by atoms with Gasteiger partial charge in [0, 0.05) is 0 Å². The highest BCUT2D eigenvalue weighted by atomic mass is 16.3. The number of rotatable bonds is 2. The molecule has 1 aliphatic carbocycles. The Bertz CT molecular complexity index is 144. The van der Waals surface area contributed by atoms with E-state index in [-0.39, 0.29) is 0 Å². The molecule has 1 heteroatoms. The smallest absolute Gasteiger partial charge is 0.0619 e. The van der Waals surface area contributed by atoms with Crippen molar-refractivity contribution in [1.29, 1.82) is 0 Å². The molecule has 12 heavy (non-hydrogen) atoms. The zero-order valence-corrected chi connectivity index (χ0v) is 8.80. The van der Waals surface area contributed by atoms with Gasteiger partial charge in [-0.25, -0.2) is 0 Å². The molecule has 0 bridgehead atoms. The fourth-order valence-electron chi connectivity index (χ4n) is 2.26. The molecule has 1 fully saturated rings. The molecule has 0 aromatic rings. The third-order valence-electron chi connectivity index (χ3n) is 3.42. The highest BCUT2D eigenvalue weighted by Crippen LogP contribution is 2.40. The Hall–Kier alpha value is -0.0400. The van der Waals surface area contributed by atoms with Crippen LogP contribution in [0.3, 0.4) is 0 Å². The van der Waals surface area contributed by atoms with Crippen molar-refractivity contribution in [3.8, 4) is 0 Å². The second-order valence-corrected chi connectivity index (χ2v) is 5.17. The summed E-state index contributed by atoms with van der Waals surface area (Å²) in [7, 11) is 0. The average Bonchev–Trinajstić information content (AvgIpc) is 2.30. The van der Waals surface area contributed by atoms with Crippen molar-refractivity contribution >= 4 is 0 Å². The fourth-order valence-corrected chi connectivity index (χ4v) is 2.26. The molecule has 0 aromatic carbocycles. The van der Waals surface area contributed by atoms with Crippen LogP contribution in [0.5, 0.6) is 0 Å². The zero-order valence-electron chi connectivity index (χ0n) is 8.80. The Morgan fingerprint density at radius 3 is 2.08 bits per heavy atom. The van der Waals surface area contributed by atoms with Crippen LogP contribution in [0.4, 0.5) is 0 Å². The van der Waals surface area contributed by atoms with Crippen LogP contribution < -0.4 is 0 Å². The first kappa shape index (κ1) is 10.0. The lowest BCUT2D eigenvalue weighted by Crippen LogP contribution is -2.29. The third-order valence-corrected chi connectivity index (χ3v) is 3.42. The normalized spacial score (nSPS) is 31.5. The summed E-state index contributed by atoms with van der Waals surface area (Å²) in [6.07, 6.45) is 3.75. The molecule has 1 nitrogen and oxygen atoms in total. The Kier molecular flexibility index (Phi) is 2.82. The maximum absolute atomic E-state index is 9.82. The van der Waals surface area contributed by atoms with E-state index in [1.165, 1.54) is 19.3 Å². The Balaban J connectivity index is 2.46. The van der Waals surface area contributed by atoms with Gasteiger partial charge in [-0.2, -0.15) is 0 Å². The quantitative estimate of drug-likeness (QED) is 0.675. The van der Waals surface area contributed by atoms with Crippen LogP contribution in [0.25, 0.3) is 0 Å². The van der Waals surface area contributed by atoms with Gasteiger partial charge >= 0.3 is 0 Å². The van der Waals surface area contributed by atoms with Crippen LogP contribution >= 0.6 is 0 Å². The van der Waals surface area contributed by atoms with Gasteiger partial charge in [-0.05, 0) is 50.9 Å². The van der Waals surface area contributed by atoms with E-state index in [0.717, 1.165) is 11.8 Å². The molecule has 0 aromatic heterocycles. The van der Waals surface area contributed by atoms with Crippen LogP contribution in [0, 0.1) is 17.8 Å². The van der Waals surface area contributed by atoms with Gasteiger partial charge in [-0.1, -0.05) is 13.8 Å². The molecule has 0 saturated heterocycles. The molecule has 0 aliphatic heterocycles. The molecule has 1 rings (SSSR count). The van der Waals surface area contributed by atoms with Gasteiger partial charge in [0.05, 0.1) is 5.60 Å². The van der Waals surface area contributed by atoms with E-state index in [1.54, 1.807) is 0 Å². The Morgan fingerprint density at radius 2 is 1.83 bits per heavy atom. The molecule has 0 radical (unpaired) electrons. The standard InChI is InChI=1S/C11H22O/c1-8(2)9-5-6-10(7-9)11(3,4)12/h8-10,12H,5-7H2,1-4H3/t9-,10+/m0/s1. The zero-order chi connectivity index (χ0) is 9.35. The third kappa shape index (κ3) is 2.22. The van der Waals surface area contributed by atoms with E-state index >= 15 is 0 Å². The second-order valence-electron chi connectivity index (χ2n) is 5.17. The molecule has 72 valence electrons. The molecule has 1 aliphatic rings. The second kappa shape index (κ2) is 3.37. The van der Waals surface area contributed by atoms with E-state index in [4.69, 9.17) is 0 Å². The van der Waals surface area contributed by atoms with Crippen LogP contribution in [-0.4, -0.2) is 10.7 Å². The molecule has 0 spiro atoms. The molecule has 0 unspecified atom stereocenters. The Morgan fingerprint density at radius 1 is 1.25 bits per heavy atom. The first-order valence-electron chi connectivity index (χ1n) is 5.13. The van der Waals surface area contributed by atoms with Crippen molar-refractivity contribution < 1.29 is 5.11 Å². The molecule has 1 N–H and O–H groups in total. The van der Waals surface area contributed by atoms with Crippen molar-refractivity contribution in [1.82, 2.24) is 0 Å². The van der Waals surface area contributed by atoms with E-state index in [1.807, 2.05) is 13.8 Å².